The molecule has 0 amide bonds. The van der Waals surface area contributed by atoms with Gasteiger partial charge in [-0.3, -0.25) is 0 Å². The molecule has 0 radical (unpaired) electrons. The molecule has 1 N–H and O–H groups in total. The molecule has 1 aromatic carbocycles. The Labute approximate surface area is 112 Å². The van der Waals surface area contributed by atoms with E-state index in [0.29, 0.717) is 6.04 Å². The van der Waals surface area contributed by atoms with Crippen molar-refractivity contribution in [2.75, 3.05) is 5.32 Å². The third kappa shape index (κ3) is 3.76. The molecule has 0 bridgehead atoms. The number of rotatable bonds is 5. The maximum Gasteiger partial charge on any atom is 0.0342 e. The molecule has 1 saturated carbocycles. The van der Waals surface area contributed by atoms with Crippen molar-refractivity contribution in [3.8, 4) is 0 Å². The minimum atomic E-state index is 0.695. The Balaban J connectivity index is 1.88. The van der Waals surface area contributed by atoms with Crippen LogP contribution in [-0.4, -0.2) is 6.04 Å². The second-order valence-electron chi connectivity index (χ2n) is 5.73. The van der Waals surface area contributed by atoms with Crippen LogP contribution in [0, 0.1) is 5.92 Å². The van der Waals surface area contributed by atoms with Gasteiger partial charge in [0, 0.05) is 11.7 Å². The van der Waals surface area contributed by atoms with Gasteiger partial charge in [0.1, 0.15) is 0 Å². The molecule has 2 rings (SSSR count). The van der Waals surface area contributed by atoms with Crippen LogP contribution in [0.1, 0.15) is 57.9 Å². The van der Waals surface area contributed by atoms with E-state index in [1.165, 1.54) is 56.2 Å². The van der Waals surface area contributed by atoms with Crippen LogP contribution in [-0.2, 0) is 6.42 Å². The summed E-state index contributed by atoms with van der Waals surface area (Å²) in [5.41, 5.74) is 2.76. The van der Waals surface area contributed by atoms with Crippen LogP contribution in [0.2, 0.25) is 0 Å². The predicted molar refractivity (Wildman–Crippen MR) is 80.1 cm³/mol. The highest BCUT2D eigenvalue weighted by molar-refractivity contribution is 5.45. The smallest absolute Gasteiger partial charge is 0.0342 e. The Kier molecular flexibility index (Phi) is 5.10. The van der Waals surface area contributed by atoms with Gasteiger partial charge in [0.05, 0.1) is 0 Å². The minimum Gasteiger partial charge on any atom is -0.382 e. The first-order chi connectivity index (χ1) is 8.81. The summed E-state index contributed by atoms with van der Waals surface area (Å²) in [5, 5.41) is 3.71. The zero-order chi connectivity index (χ0) is 12.8. The highest BCUT2D eigenvalue weighted by Gasteiger charge is 2.20. The summed E-state index contributed by atoms with van der Waals surface area (Å²) in [6, 6.07) is 9.74. The van der Waals surface area contributed by atoms with Crippen LogP contribution < -0.4 is 5.32 Å². The molecule has 0 heterocycles. The molecular weight excluding hydrogens is 218 g/mol. The predicted octanol–water partition coefficient (Wildman–Crippen LogP) is 5.02. The van der Waals surface area contributed by atoms with Crippen molar-refractivity contribution in [3.05, 3.63) is 29.8 Å². The fourth-order valence-corrected chi connectivity index (χ4v) is 3.08. The van der Waals surface area contributed by atoms with Crippen molar-refractivity contribution in [2.45, 2.75) is 64.8 Å². The average Bonchev–Trinajstić information content (AvgIpc) is 2.42. The van der Waals surface area contributed by atoms with Crippen LogP contribution in [0.15, 0.2) is 24.3 Å². The summed E-state index contributed by atoms with van der Waals surface area (Å²) >= 11 is 0. The van der Waals surface area contributed by atoms with E-state index in [1.54, 1.807) is 0 Å². The fourth-order valence-electron chi connectivity index (χ4n) is 3.08. The molecule has 2 unspecified atom stereocenters. The molecule has 1 aliphatic carbocycles. The van der Waals surface area contributed by atoms with Crippen LogP contribution in [0.4, 0.5) is 5.69 Å². The van der Waals surface area contributed by atoms with Gasteiger partial charge in [0.2, 0.25) is 0 Å². The third-order valence-electron chi connectivity index (χ3n) is 4.22. The zero-order valence-corrected chi connectivity index (χ0v) is 11.9. The molecule has 0 aromatic heterocycles. The maximum absolute atomic E-state index is 3.71. The van der Waals surface area contributed by atoms with E-state index in [2.05, 4.69) is 43.4 Å². The number of hydrogen-bond acceptors (Lipinski definition) is 1. The summed E-state index contributed by atoms with van der Waals surface area (Å²) in [7, 11) is 0. The van der Waals surface area contributed by atoms with Gasteiger partial charge in [0.25, 0.3) is 0 Å². The summed E-state index contributed by atoms with van der Waals surface area (Å²) in [6.07, 6.45) is 9.29. The van der Waals surface area contributed by atoms with Gasteiger partial charge < -0.3 is 5.32 Å². The SMILES string of the molecule is CCCc1ccc(NC2CCCC(CC)C2)cc1. The Bertz CT molecular complexity index is 341. The highest BCUT2D eigenvalue weighted by Crippen LogP contribution is 2.28. The average molecular weight is 245 g/mol. The van der Waals surface area contributed by atoms with Gasteiger partial charge in [-0.1, -0.05) is 51.7 Å². The first-order valence-electron chi connectivity index (χ1n) is 7.67. The fraction of sp³-hybridized carbons (Fsp3) is 0.647. The molecule has 1 heteroatoms. The molecule has 1 aromatic rings. The van der Waals surface area contributed by atoms with E-state index in [0.717, 1.165) is 5.92 Å². The normalized spacial score (nSPS) is 23.9. The van der Waals surface area contributed by atoms with Crippen molar-refractivity contribution in [3.63, 3.8) is 0 Å². The van der Waals surface area contributed by atoms with Crippen molar-refractivity contribution in [1.82, 2.24) is 0 Å². The number of anilines is 1. The highest BCUT2D eigenvalue weighted by atomic mass is 14.9. The van der Waals surface area contributed by atoms with E-state index in [-0.39, 0.29) is 0 Å². The molecule has 1 aliphatic rings. The Hall–Kier alpha value is -0.980. The van der Waals surface area contributed by atoms with Gasteiger partial charge in [-0.05, 0) is 42.9 Å². The van der Waals surface area contributed by atoms with Crippen LogP contribution >= 0.6 is 0 Å². The van der Waals surface area contributed by atoms with E-state index in [1.807, 2.05) is 0 Å². The molecule has 100 valence electrons. The lowest BCUT2D eigenvalue weighted by atomic mass is 9.84. The molecule has 18 heavy (non-hydrogen) atoms. The molecule has 0 saturated heterocycles. The summed E-state index contributed by atoms with van der Waals surface area (Å²) in [6.45, 7) is 4.56. The van der Waals surface area contributed by atoms with Crippen LogP contribution in [0.25, 0.3) is 0 Å². The minimum absolute atomic E-state index is 0.695. The largest absolute Gasteiger partial charge is 0.382 e. The number of nitrogens with one attached hydrogen (secondary N) is 1. The lowest BCUT2D eigenvalue weighted by Gasteiger charge is -2.29. The number of benzene rings is 1. The monoisotopic (exact) mass is 245 g/mol. The summed E-state index contributed by atoms with van der Waals surface area (Å²) in [5.74, 6) is 0.940. The number of hydrogen-bond donors (Lipinski definition) is 1. The molecule has 0 spiro atoms. The van der Waals surface area contributed by atoms with Crippen LogP contribution in [0.5, 0.6) is 0 Å². The van der Waals surface area contributed by atoms with Crippen LogP contribution in [0.3, 0.4) is 0 Å². The third-order valence-corrected chi connectivity index (χ3v) is 4.22. The summed E-state index contributed by atoms with van der Waals surface area (Å²) < 4.78 is 0. The lowest BCUT2D eigenvalue weighted by Crippen LogP contribution is -2.27. The van der Waals surface area contributed by atoms with Crippen molar-refractivity contribution >= 4 is 5.69 Å². The zero-order valence-electron chi connectivity index (χ0n) is 11.9. The van der Waals surface area contributed by atoms with Gasteiger partial charge in [-0.2, -0.15) is 0 Å². The van der Waals surface area contributed by atoms with E-state index in [9.17, 15) is 0 Å². The van der Waals surface area contributed by atoms with Gasteiger partial charge in [-0.15, -0.1) is 0 Å². The van der Waals surface area contributed by atoms with Crippen molar-refractivity contribution < 1.29 is 0 Å². The topological polar surface area (TPSA) is 12.0 Å². The molecular formula is C17H27N. The van der Waals surface area contributed by atoms with Crippen molar-refractivity contribution in [2.24, 2.45) is 5.92 Å². The second kappa shape index (κ2) is 6.82. The first-order valence-corrected chi connectivity index (χ1v) is 7.67. The quantitative estimate of drug-likeness (QED) is 0.768. The molecule has 0 aliphatic heterocycles. The Morgan fingerprint density at radius 2 is 1.89 bits per heavy atom. The molecule has 2 atom stereocenters. The maximum atomic E-state index is 3.71. The number of aryl methyl sites for hydroxylation is 1. The first kappa shape index (κ1) is 13.5. The molecule has 1 fully saturated rings. The van der Waals surface area contributed by atoms with E-state index >= 15 is 0 Å². The second-order valence-corrected chi connectivity index (χ2v) is 5.73. The van der Waals surface area contributed by atoms with Gasteiger partial charge in [-0.25, -0.2) is 0 Å². The van der Waals surface area contributed by atoms with Crippen molar-refractivity contribution in [1.29, 1.82) is 0 Å². The standard InChI is InChI=1S/C17H27N/c1-3-6-15-9-11-16(12-10-15)18-17-8-5-7-14(4-2)13-17/h9-12,14,17-18H,3-8,13H2,1-2H3. The molecule has 1 nitrogen and oxygen atoms in total. The summed E-state index contributed by atoms with van der Waals surface area (Å²) in [4.78, 5) is 0. The van der Waals surface area contributed by atoms with Gasteiger partial charge in [0.15, 0.2) is 0 Å². The Morgan fingerprint density at radius 3 is 2.56 bits per heavy atom. The lowest BCUT2D eigenvalue weighted by molar-refractivity contribution is 0.327. The van der Waals surface area contributed by atoms with E-state index < -0.39 is 0 Å². The Morgan fingerprint density at radius 1 is 1.11 bits per heavy atom. The van der Waals surface area contributed by atoms with Gasteiger partial charge >= 0.3 is 0 Å². The van der Waals surface area contributed by atoms with E-state index in [4.69, 9.17) is 0 Å².